The number of nitrogens with one attached hydrogen (secondary N) is 2. The fraction of sp³-hybridized carbons (Fsp3) is 0.263. The molecule has 2 N–H and O–H groups in total. The minimum absolute atomic E-state index is 0.223. The summed E-state index contributed by atoms with van der Waals surface area (Å²) in [6.45, 7) is 1.46. The van der Waals surface area contributed by atoms with Crippen LogP contribution in [0.25, 0.3) is 0 Å². The van der Waals surface area contributed by atoms with Gasteiger partial charge in [0.1, 0.15) is 18.5 Å². The highest BCUT2D eigenvalue weighted by atomic mass is 16.2. The Balaban J connectivity index is 1.56. The Morgan fingerprint density at radius 1 is 1.04 bits per heavy atom. The van der Waals surface area contributed by atoms with Gasteiger partial charge < -0.3 is 15.5 Å². The summed E-state index contributed by atoms with van der Waals surface area (Å²) in [6.07, 6.45) is 4.92. The van der Waals surface area contributed by atoms with Gasteiger partial charge in [-0.15, -0.1) is 0 Å². The molecular weight excluding hydrogens is 342 g/mol. The van der Waals surface area contributed by atoms with E-state index in [1.54, 1.807) is 17.2 Å². The number of aromatic nitrogens is 4. The minimum atomic E-state index is -0.223. The lowest BCUT2D eigenvalue weighted by Crippen LogP contribution is -2.35. The van der Waals surface area contributed by atoms with Gasteiger partial charge in [-0.05, 0) is 17.2 Å². The predicted molar refractivity (Wildman–Crippen MR) is 103 cm³/mol. The number of hydrogen-bond acceptors (Lipinski definition) is 5. The van der Waals surface area contributed by atoms with Crippen LogP contribution in [-0.4, -0.2) is 39.9 Å². The number of carbonyl (C=O) groups is 1. The van der Waals surface area contributed by atoms with E-state index in [2.05, 4.69) is 25.7 Å². The standard InChI is InChI=1S/C19H23N7O/c1-25(2)18-16(8-5-9-21-18)11-23-19(27)22-10-15-6-3-4-7-17(15)12-26-14-20-13-24-26/h3-9,13-14H,10-12H2,1-2H3,(H2,22,23,27). The molecule has 3 aromatic rings. The number of benzene rings is 1. The van der Waals surface area contributed by atoms with E-state index in [0.717, 1.165) is 22.5 Å². The van der Waals surface area contributed by atoms with Gasteiger partial charge in [-0.1, -0.05) is 30.3 Å². The van der Waals surface area contributed by atoms with Crippen molar-refractivity contribution < 1.29 is 4.79 Å². The van der Waals surface area contributed by atoms with Crippen LogP contribution in [0.4, 0.5) is 10.6 Å². The second-order valence-electron chi connectivity index (χ2n) is 6.28. The lowest BCUT2D eigenvalue weighted by Gasteiger charge is -2.16. The van der Waals surface area contributed by atoms with Crippen LogP contribution >= 0.6 is 0 Å². The maximum atomic E-state index is 12.2. The Bertz CT molecular complexity index is 877. The molecule has 8 heteroatoms. The molecule has 2 amide bonds. The summed E-state index contributed by atoms with van der Waals surface area (Å²) in [4.78, 5) is 22.4. The number of urea groups is 1. The molecule has 0 bridgehead atoms. The van der Waals surface area contributed by atoms with Crippen molar-refractivity contribution in [1.82, 2.24) is 30.4 Å². The van der Waals surface area contributed by atoms with Crippen LogP contribution in [0.1, 0.15) is 16.7 Å². The van der Waals surface area contributed by atoms with Crippen molar-refractivity contribution >= 4 is 11.8 Å². The van der Waals surface area contributed by atoms with Crippen molar-refractivity contribution in [1.29, 1.82) is 0 Å². The first kappa shape index (κ1) is 18.4. The van der Waals surface area contributed by atoms with Crippen molar-refractivity contribution in [2.24, 2.45) is 0 Å². The van der Waals surface area contributed by atoms with Crippen molar-refractivity contribution in [3.05, 3.63) is 71.9 Å². The summed E-state index contributed by atoms with van der Waals surface area (Å²) in [7, 11) is 3.86. The monoisotopic (exact) mass is 365 g/mol. The third-order valence-electron chi connectivity index (χ3n) is 4.09. The smallest absolute Gasteiger partial charge is 0.315 e. The van der Waals surface area contributed by atoms with Crippen molar-refractivity contribution in [3.63, 3.8) is 0 Å². The van der Waals surface area contributed by atoms with E-state index < -0.39 is 0 Å². The molecule has 140 valence electrons. The molecule has 8 nitrogen and oxygen atoms in total. The highest BCUT2D eigenvalue weighted by Gasteiger charge is 2.08. The van der Waals surface area contributed by atoms with Crippen LogP contribution in [-0.2, 0) is 19.6 Å². The third-order valence-corrected chi connectivity index (χ3v) is 4.09. The molecule has 0 spiro atoms. The van der Waals surface area contributed by atoms with Crippen LogP contribution in [0.3, 0.4) is 0 Å². The van der Waals surface area contributed by atoms with Crippen LogP contribution in [0.5, 0.6) is 0 Å². The van der Waals surface area contributed by atoms with Gasteiger partial charge in [0.2, 0.25) is 0 Å². The summed E-state index contributed by atoms with van der Waals surface area (Å²) in [5, 5.41) is 9.92. The highest BCUT2D eigenvalue weighted by molar-refractivity contribution is 5.74. The Kier molecular flexibility index (Phi) is 5.98. The van der Waals surface area contributed by atoms with Gasteiger partial charge in [-0.3, -0.25) is 0 Å². The molecule has 0 saturated carbocycles. The number of amides is 2. The van der Waals surface area contributed by atoms with E-state index in [9.17, 15) is 4.79 Å². The number of carbonyl (C=O) groups excluding carboxylic acids is 1. The molecule has 0 aliphatic carbocycles. The number of pyridine rings is 1. The number of nitrogens with zero attached hydrogens (tertiary/aromatic N) is 5. The lowest BCUT2D eigenvalue weighted by atomic mass is 10.1. The Hall–Kier alpha value is -3.42. The average molecular weight is 365 g/mol. The van der Waals surface area contributed by atoms with Crippen LogP contribution in [0.15, 0.2) is 55.2 Å². The summed E-state index contributed by atoms with van der Waals surface area (Å²) in [5.74, 6) is 0.843. The number of rotatable bonds is 7. The normalized spacial score (nSPS) is 10.4. The van der Waals surface area contributed by atoms with Gasteiger partial charge in [-0.25, -0.2) is 19.4 Å². The first-order chi connectivity index (χ1) is 13.1. The van der Waals surface area contributed by atoms with Gasteiger partial charge >= 0.3 is 6.03 Å². The van der Waals surface area contributed by atoms with Gasteiger partial charge in [-0.2, -0.15) is 5.10 Å². The minimum Gasteiger partial charge on any atom is -0.362 e. The van der Waals surface area contributed by atoms with Crippen molar-refractivity contribution in [2.75, 3.05) is 19.0 Å². The number of hydrogen-bond donors (Lipinski definition) is 2. The van der Waals surface area contributed by atoms with Crippen LogP contribution < -0.4 is 15.5 Å². The summed E-state index contributed by atoms with van der Waals surface area (Å²) in [6, 6.07) is 11.5. The Morgan fingerprint density at radius 2 is 1.74 bits per heavy atom. The molecule has 2 heterocycles. The van der Waals surface area contributed by atoms with Gasteiger partial charge in [0, 0.05) is 38.9 Å². The molecule has 0 fully saturated rings. The molecule has 0 radical (unpaired) electrons. The second kappa shape index (κ2) is 8.79. The molecule has 1 aromatic carbocycles. The summed E-state index contributed by atoms with van der Waals surface area (Å²) < 4.78 is 1.75. The Labute approximate surface area is 158 Å². The van der Waals surface area contributed by atoms with Crippen LogP contribution in [0.2, 0.25) is 0 Å². The van der Waals surface area contributed by atoms with E-state index in [1.807, 2.05) is 55.4 Å². The summed E-state index contributed by atoms with van der Waals surface area (Å²) >= 11 is 0. The van der Waals surface area contributed by atoms with Gasteiger partial charge in [0.15, 0.2) is 0 Å². The summed E-state index contributed by atoms with van der Waals surface area (Å²) in [5.41, 5.74) is 3.09. The zero-order chi connectivity index (χ0) is 19.1. The first-order valence-corrected chi connectivity index (χ1v) is 8.65. The SMILES string of the molecule is CN(C)c1ncccc1CNC(=O)NCc1ccccc1Cn1cncn1. The maximum Gasteiger partial charge on any atom is 0.315 e. The van der Waals surface area contributed by atoms with Crippen molar-refractivity contribution in [2.45, 2.75) is 19.6 Å². The zero-order valence-electron chi connectivity index (χ0n) is 15.5. The third kappa shape index (κ3) is 5.04. The fourth-order valence-corrected chi connectivity index (χ4v) is 2.76. The average Bonchev–Trinajstić information content (AvgIpc) is 3.19. The maximum absolute atomic E-state index is 12.2. The molecule has 27 heavy (non-hydrogen) atoms. The molecule has 0 unspecified atom stereocenters. The van der Waals surface area contributed by atoms with E-state index in [1.165, 1.54) is 6.33 Å². The van der Waals surface area contributed by atoms with E-state index in [4.69, 9.17) is 0 Å². The van der Waals surface area contributed by atoms with E-state index in [-0.39, 0.29) is 6.03 Å². The number of anilines is 1. The van der Waals surface area contributed by atoms with E-state index in [0.29, 0.717) is 19.6 Å². The van der Waals surface area contributed by atoms with Gasteiger partial charge in [0.05, 0.1) is 6.54 Å². The predicted octanol–water partition coefficient (Wildman–Crippen LogP) is 1.79. The zero-order valence-corrected chi connectivity index (χ0v) is 15.5. The Morgan fingerprint density at radius 3 is 2.44 bits per heavy atom. The molecule has 3 rings (SSSR count). The first-order valence-electron chi connectivity index (χ1n) is 8.65. The van der Waals surface area contributed by atoms with E-state index >= 15 is 0 Å². The fourth-order valence-electron chi connectivity index (χ4n) is 2.76. The van der Waals surface area contributed by atoms with Crippen molar-refractivity contribution in [3.8, 4) is 0 Å². The molecule has 0 atom stereocenters. The molecule has 0 aliphatic heterocycles. The topological polar surface area (TPSA) is 88.0 Å². The van der Waals surface area contributed by atoms with Gasteiger partial charge in [0.25, 0.3) is 0 Å². The molecular formula is C19H23N7O. The molecule has 0 aliphatic rings. The molecule has 0 saturated heterocycles. The lowest BCUT2D eigenvalue weighted by molar-refractivity contribution is 0.240. The molecule has 2 aromatic heterocycles. The largest absolute Gasteiger partial charge is 0.362 e. The quantitative estimate of drug-likeness (QED) is 0.666. The highest BCUT2D eigenvalue weighted by Crippen LogP contribution is 2.14. The van der Waals surface area contributed by atoms with Crippen LogP contribution in [0, 0.1) is 0 Å². The second-order valence-corrected chi connectivity index (χ2v) is 6.28.